The average molecular weight is 268 g/mol. The second-order valence-electron chi connectivity index (χ2n) is 5.95. The molecule has 1 aliphatic heterocycles. The van der Waals surface area contributed by atoms with E-state index in [0.29, 0.717) is 5.92 Å². The number of hydrogen-bond donors (Lipinski definition) is 0. The van der Waals surface area contributed by atoms with Crippen LogP contribution < -0.4 is 0 Å². The molecule has 0 N–H and O–H groups in total. The summed E-state index contributed by atoms with van der Waals surface area (Å²) in [5, 5.41) is 1.00. The lowest BCUT2D eigenvalue weighted by atomic mass is 9.93. The molecule has 1 aromatic heterocycles. The second-order valence-corrected chi connectivity index (χ2v) is 5.95. The van der Waals surface area contributed by atoms with Crippen molar-refractivity contribution < 1.29 is 4.79 Å². The molecule has 0 saturated carbocycles. The summed E-state index contributed by atoms with van der Waals surface area (Å²) in [4.78, 5) is 18.8. The molecule has 104 valence electrons. The van der Waals surface area contributed by atoms with E-state index in [-0.39, 0.29) is 0 Å². The van der Waals surface area contributed by atoms with Gasteiger partial charge >= 0.3 is 0 Å². The summed E-state index contributed by atoms with van der Waals surface area (Å²) in [6.45, 7) is 6.17. The SMILES string of the molecule is CC(C)c1cccc2c(C=O)c3c(nc12)CCN(C)C3. The van der Waals surface area contributed by atoms with Gasteiger partial charge < -0.3 is 4.90 Å². The molecule has 0 saturated heterocycles. The number of pyridine rings is 1. The zero-order valence-electron chi connectivity index (χ0n) is 12.3. The van der Waals surface area contributed by atoms with Crippen LogP contribution in [0.1, 0.15) is 46.9 Å². The van der Waals surface area contributed by atoms with Crippen molar-refractivity contribution in [2.75, 3.05) is 13.6 Å². The predicted octanol–water partition coefficient (Wildman–Crippen LogP) is 3.16. The van der Waals surface area contributed by atoms with Crippen LogP contribution in [0.4, 0.5) is 0 Å². The van der Waals surface area contributed by atoms with E-state index in [9.17, 15) is 4.79 Å². The Kier molecular flexibility index (Phi) is 3.30. The zero-order chi connectivity index (χ0) is 14.3. The minimum atomic E-state index is 0.412. The van der Waals surface area contributed by atoms with Crippen molar-refractivity contribution in [1.82, 2.24) is 9.88 Å². The number of carbonyl (C=O) groups is 1. The molecule has 3 heteroatoms. The Labute approximate surface area is 119 Å². The molecular weight excluding hydrogens is 248 g/mol. The van der Waals surface area contributed by atoms with Gasteiger partial charge in [0.1, 0.15) is 0 Å². The van der Waals surface area contributed by atoms with Crippen molar-refractivity contribution in [3.63, 3.8) is 0 Å². The first-order chi connectivity index (χ1) is 9.61. The smallest absolute Gasteiger partial charge is 0.151 e. The summed E-state index contributed by atoms with van der Waals surface area (Å²) in [6, 6.07) is 6.17. The Morgan fingerprint density at radius 3 is 2.85 bits per heavy atom. The second kappa shape index (κ2) is 4.98. The molecule has 0 spiro atoms. The minimum Gasteiger partial charge on any atom is -0.302 e. The molecular formula is C17H20N2O. The van der Waals surface area contributed by atoms with Gasteiger partial charge in [-0.2, -0.15) is 0 Å². The quantitative estimate of drug-likeness (QED) is 0.784. The molecule has 0 radical (unpaired) electrons. The molecule has 0 aliphatic carbocycles. The Morgan fingerprint density at radius 1 is 1.35 bits per heavy atom. The summed E-state index contributed by atoms with van der Waals surface area (Å²) >= 11 is 0. The molecule has 0 bridgehead atoms. The van der Waals surface area contributed by atoms with Crippen LogP contribution in [0.15, 0.2) is 18.2 Å². The van der Waals surface area contributed by atoms with Gasteiger partial charge in [-0.05, 0) is 24.1 Å². The van der Waals surface area contributed by atoms with Crippen LogP contribution in [0.3, 0.4) is 0 Å². The Hall–Kier alpha value is -1.74. The van der Waals surface area contributed by atoms with Crippen LogP contribution in [0.2, 0.25) is 0 Å². The van der Waals surface area contributed by atoms with E-state index in [0.717, 1.165) is 53.5 Å². The predicted molar refractivity (Wildman–Crippen MR) is 81.3 cm³/mol. The largest absolute Gasteiger partial charge is 0.302 e. The van der Waals surface area contributed by atoms with Crippen molar-refractivity contribution in [3.8, 4) is 0 Å². The van der Waals surface area contributed by atoms with Gasteiger partial charge in [0.2, 0.25) is 0 Å². The van der Waals surface area contributed by atoms with E-state index in [1.54, 1.807) is 0 Å². The van der Waals surface area contributed by atoms with Gasteiger partial charge in [0, 0.05) is 36.2 Å². The summed E-state index contributed by atoms with van der Waals surface area (Å²) in [5.41, 5.74) is 5.28. The van der Waals surface area contributed by atoms with Crippen LogP contribution in [0.25, 0.3) is 10.9 Å². The van der Waals surface area contributed by atoms with Gasteiger partial charge in [-0.25, -0.2) is 0 Å². The summed E-state index contributed by atoms with van der Waals surface area (Å²) in [6.07, 6.45) is 1.93. The molecule has 1 aromatic carbocycles. The van der Waals surface area contributed by atoms with Crippen LogP contribution >= 0.6 is 0 Å². The minimum absolute atomic E-state index is 0.412. The van der Waals surface area contributed by atoms with Gasteiger partial charge in [-0.3, -0.25) is 9.78 Å². The molecule has 0 unspecified atom stereocenters. The topological polar surface area (TPSA) is 33.2 Å². The summed E-state index contributed by atoms with van der Waals surface area (Å²) < 4.78 is 0. The first kappa shape index (κ1) is 13.3. The van der Waals surface area contributed by atoms with Crippen molar-refractivity contribution >= 4 is 17.2 Å². The molecule has 3 rings (SSSR count). The lowest BCUT2D eigenvalue weighted by molar-refractivity contribution is 0.112. The van der Waals surface area contributed by atoms with Gasteiger partial charge in [0.15, 0.2) is 6.29 Å². The molecule has 0 atom stereocenters. The first-order valence-corrected chi connectivity index (χ1v) is 7.20. The number of benzene rings is 1. The molecule has 0 amide bonds. The number of aromatic nitrogens is 1. The third-order valence-electron chi connectivity index (χ3n) is 4.18. The van der Waals surface area contributed by atoms with Crippen LogP contribution in [0, 0.1) is 0 Å². The normalized spacial score (nSPS) is 15.6. The van der Waals surface area contributed by atoms with E-state index in [4.69, 9.17) is 4.98 Å². The Balaban J connectivity index is 2.35. The Morgan fingerprint density at radius 2 is 2.15 bits per heavy atom. The van der Waals surface area contributed by atoms with Gasteiger partial charge in [0.25, 0.3) is 0 Å². The third kappa shape index (κ3) is 2.02. The molecule has 2 aromatic rings. The third-order valence-corrected chi connectivity index (χ3v) is 4.18. The van der Waals surface area contributed by atoms with Crippen molar-refractivity contribution in [1.29, 1.82) is 0 Å². The fraction of sp³-hybridized carbons (Fsp3) is 0.412. The number of aldehydes is 1. The van der Waals surface area contributed by atoms with Gasteiger partial charge in [0.05, 0.1) is 5.52 Å². The van der Waals surface area contributed by atoms with E-state index in [1.165, 1.54) is 5.56 Å². The fourth-order valence-corrected chi connectivity index (χ4v) is 3.05. The zero-order valence-corrected chi connectivity index (χ0v) is 12.3. The average Bonchev–Trinajstić information content (AvgIpc) is 2.44. The van der Waals surface area contributed by atoms with Crippen LogP contribution in [-0.4, -0.2) is 29.8 Å². The molecule has 3 nitrogen and oxygen atoms in total. The number of fused-ring (bicyclic) bond motifs is 2. The van der Waals surface area contributed by atoms with Gasteiger partial charge in [-0.15, -0.1) is 0 Å². The number of rotatable bonds is 2. The molecule has 1 aliphatic rings. The number of likely N-dealkylation sites (N-methyl/N-ethyl adjacent to an activating group) is 1. The fourth-order valence-electron chi connectivity index (χ4n) is 3.05. The first-order valence-electron chi connectivity index (χ1n) is 7.20. The molecule has 2 heterocycles. The highest BCUT2D eigenvalue weighted by Gasteiger charge is 2.21. The summed E-state index contributed by atoms with van der Waals surface area (Å²) in [5.74, 6) is 0.412. The highest BCUT2D eigenvalue weighted by molar-refractivity contribution is 5.99. The number of hydrogen-bond acceptors (Lipinski definition) is 3. The highest BCUT2D eigenvalue weighted by Crippen LogP contribution is 2.30. The lowest BCUT2D eigenvalue weighted by Crippen LogP contribution is -2.28. The van der Waals surface area contributed by atoms with E-state index in [1.807, 2.05) is 12.1 Å². The highest BCUT2D eigenvalue weighted by atomic mass is 16.1. The number of nitrogens with zero attached hydrogens (tertiary/aromatic N) is 2. The van der Waals surface area contributed by atoms with Crippen molar-refractivity contribution in [2.24, 2.45) is 0 Å². The number of para-hydroxylation sites is 1. The standard InChI is InChI=1S/C17H20N2O/c1-11(2)12-5-4-6-13-15(10-20)14-9-19(3)8-7-16(14)18-17(12)13/h4-6,10-11H,7-9H2,1-3H3. The molecule has 0 fully saturated rings. The maximum Gasteiger partial charge on any atom is 0.151 e. The van der Waals surface area contributed by atoms with Crippen molar-refractivity contribution in [2.45, 2.75) is 32.7 Å². The van der Waals surface area contributed by atoms with E-state index >= 15 is 0 Å². The maximum absolute atomic E-state index is 11.6. The van der Waals surface area contributed by atoms with Crippen LogP contribution in [-0.2, 0) is 13.0 Å². The lowest BCUT2D eigenvalue weighted by Gasteiger charge is -2.26. The van der Waals surface area contributed by atoms with E-state index < -0.39 is 0 Å². The summed E-state index contributed by atoms with van der Waals surface area (Å²) in [7, 11) is 2.09. The van der Waals surface area contributed by atoms with Crippen LogP contribution in [0.5, 0.6) is 0 Å². The molecule has 20 heavy (non-hydrogen) atoms. The van der Waals surface area contributed by atoms with E-state index in [2.05, 4.69) is 31.9 Å². The Bertz CT molecular complexity index is 676. The maximum atomic E-state index is 11.6. The van der Waals surface area contributed by atoms with Gasteiger partial charge in [-0.1, -0.05) is 32.0 Å². The monoisotopic (exact) mass is 268 g/mol. The van der Waals surface area contributed by atoms with Crippen molar-refractivity contribution in [3.05, 3.63) is 40.6 Å². The number of carbonyl (C=O) groups excluding carboxylic acids is 1.